The van der Waals surface area contributed by atoms with Crippen molar-refractivity contribution in [3.63, 3.8) is 0 Å². The Morgan fingerprint density at radius 3 is 2.03 bits per heavy atom. The smallest absolute Gasteiger partial charge is 0.122 e. The SMILES string of the molecule is Cc1cc(-c2c(-c3ccccc3)ccc3c2Cc2cc(-c4ccccc4)ccc2-3)ccc1OCCO. The summed E-state index contributed by atoms with van der Waals surface area (Å²) >= 11 is 0. The van der Waals surface area contributed by atoms with Gasteiger partial charge in [-0.25, -0.2) is 0 Å². The number of benzene rings is 5. The van der Waals surface area contributed by atoms with E-state index in [1.807, 2.05) is 6.07 Å². The van der Waals surface area contributed by atoms with E-state index >= 15 is 0 Å². The van der Waals surface area contributed by atoms with Crippen LogP contribution in [0.3, 0.4) is 0 Å². The highest BCUT2D eigenvalue weighted by atomic mass is 16.5. The van der Waals surface area contributed by atoms with Crippen molar-refractivity contribution < 1.29 is 9.84 Å². The predicted molar refractivity (Wildman–Crippen MR) is 148 cm³/mol. The lowest BCUT2D eigenvalue weighted by molar-refractivity contribution is 0.200. The van der Waals surface area contributed by atoms with E-state index in [0.29, 0.717) is 6.61 Å². The van der Waals surface area contributed by atoms with Crippen LogP contribution in [0.5, 0.6) is 5.75 Å². The zero-order chi connectivity index (χ0) is 24.5. The minimum Gasteiger partial charge on any atom is -0.491 e. The molecule has 0 saturated carbocycles. The molecule has 6 rings (SSSR count). The number of rotatable bonds is 6. The molecular weight excluding hydrogens is 440 g/mol. The van der Waals surface area contributed by atoms with E-state index in [4.69, 9.17) is 4.74 Å². The maximum atomic E-state index is 9.17. The lowest BCUT2D eigenvalue weighted by Gasteiger charge is -2.17. The molecule has 0 unspecified atom stereocenters. The van der Waals surface area contributed by atoms with Gasteiger partial charge in [0.2, 0.25) is 0 Å². The maximum absolute atomic E-state index is 9.17. The molecule has 0 aromatic heterocycles. The number of hydrogen-bond acceptors (Lipinski definition) is 2. The fraction of sp³-hybridized carbons (Fsp3) is 0.118. The topological polar surface area (TPSA) is 29.5 Å². The molecule has 5 aromatic carbocycles. The molecule has 0 fully saturated rings. The fourth-order valence-electron chi connectivity index (χ4n) is 5.40. The van der Waals surface area contributed by atoms with Gasteiger partial charge in [-0.05, 0) is 86.7 Å². The first-order valence-corrected chi connectivity index (χ1v) is 12.5. The summed E-state index contributed by atoms with van der Waals surface area (Å²) in [6.45, 7) is 2.38. The summed E-state index contributed by atoms with van der Waals surface area (Å²) in [6, 6.07) is 39.1. The Balaban J connectivity index is 1.50. The number of fused-ring (bicyclic) bond motifs is 3. The first-order valence-electron chi connectivity index (χ1n) is 12.5. The van der Waals surface area contributed by atoms with Crippen LogP contribution in [0.1, 0.15) is 16.7 Å². The number of aliphatic hydroxyl groups is 1. The van der Waals surface area contributed by atoms with Crippen molar-refractivity contribution in [2.45, 2.75) is 13.3 Å². The van der Waals surface area contributed by atoms with Gasteiger partial charge >= 0.3 is 0 Å². The highest BCUT2D eigenvalue weighted by molar-refractivity contribution is 5.94. The molecule has 0 amide bonds. The number of ether oxygens (including phenoxy) is 1. The van der Waals surface area contributed by atoms with E-state index in [2.05, 4.69) is 110 Å². The van der Waals surface area contributed by atoms with Gasteiger partial charge in [-0.15, -0.1) is 0 Å². The van der Waals surface area contributed by atoms with E-state index in [-0.39, 0.29) is 6.61 Å². The Labute approximate surface area is 212 Å². The van der Waals surface area contributed by atoms with Crippen molar-refractivity contribution in [1.29, 1.82) is 0 Å². The van der Waals surface area contributed by atoms with E-state index in [1.54, 1.807) is 0 Å². The summed E-state index contributed by atoms with van der Waals surface area (Å²) in [6.07, 6.45) is 0.906. The van der Waals surface area contributed by atoms with Crippen molar-refractivity contribution in [3.05, 3.63) is 126 Å². The van der Waals surface area contributed by atoms with Crippen molar-refractivity contribution in [3.8, 4) is 50.3 Å². The van der Waals surface area contributed by atoms with Crippen LogP contribution in [0.25, 0.3) is 44.5 Å². The highest BCUT2D eigenvalue weighted by Crippen LogP contribution is 2.47. The average molecular weight is 469 g/mol. The monoisotopic (exact) mass is 468 g/mol. The standard InChI is InChI=1S/C34H28O2/c1-23-20-27(13-17-33(23)36-19-18-35)34-30(25-10-6-3-7-11-25)15-16-31-29-14-12-26(21-28(29)22-32(31)34)24-8-4-2-5-9-24/h2-17,20-21,35H,18-19,22H2,1H3. The van der Waals surface area contributed by atoms with Gasteiger partial charge in [0.15, 0.2) is 0 Å². The Morgan fingerprint density at radius 1 is 0.639 bits per heavy atom. The van der Waals surface area contributed by atoms with Crippen LogP contribution < -0.4 is 4.74 Å². The summed E-state index contributed by atoms with van der Waals surface area (Å²) in [7, 11) is 0. The number of aryl methyl sites for hydroxylation is 1. The molecule has 2 nitrogen and oxygen atoms in total. The van der Waals surface area contributed by atoms with Gasteiger partial charge < -0.3 is 9.84 Å². The summed E-state index contributed by atoms with van der Waals surface area (Å²) < 4.78 is 5.74. The predicted octanol–water partition coefficient (Wildman–Crippen LogP) is 7.94. The molecule has 1 N–H and O–H groups in total. The molecule has 0 aliphatic heterocycles. The molecule has 2 heteroatoms. The quantitative estimate of drug-likeness (QED) is 0.269. The molecule has 1 aliphatic carbocycles. The van der Waals surface area contributed by atoms with Crippen molar-refractivity contribution in [2.24, 2.45) is 0 Å². The third-order valence-electron chi connectivity index (χ3n) is 7.08. The van der Waals surface area contributed by atoms with Crippen LogP contribution in [0.2, 0.25) is 0 Å². The fourth-order valence-corrected chi connectivity index (χ4v) is 5.40. The lowest BCUT2D eigenvalue weighted by atomic mass is 9.87. The second-order valence-electron chi connectivity index (χ2n) is 9.35. The minimum absolute atomic E-state index is 0.00870. The van der Waals surface area contributed by atoms with Gasteiger partial charge in [-0.1, -0.05) is 97.1 Å². The van der Waals surface area contributed by atoms with E-state index < -0.39 is 0 Å². The first kappa shape index (κ1) is 22.3. The minimum atomic E-state index is 0.00870. The van der Waals surface area contributed by atoms with E-state index in [9.17, 15) is 5.11 Å². The molecule has 0 spiro atoms. The molecule has 36 heavy (non-hydrogen) atoms. The Hall–Kier alpha value is -4.14. The average Bonchev–Trinajstić information content (AvgIpc) is 3.31. The maximum Gasteiger partial charge on any atom is 0.122 e. The zero-order valence-corrected chi connectivity index (χ0v) is 20.4. The molecule has 0 atom stereocenters. The summed E-state index contributed by atoms with van der Waals surface area (Å²) in [5.41, 5.74) is 13.9. The van der Waals surface area contributed by atoms with Crippen molar-refractivity contribution in [1.82, 2.24) is 0 Å². The van der Waals surface area contributed by atoms with Crippen LogP contribution in [0.15, 0.2) is 109 Å². The largest absolute Gasteiger partial charge is 0.491 e. The summed E-state index contributed by atoms with van der Waals surface area (Å²) in [5.74, 6) is 0.817. The van der Waals surface area contributed by atoms with Gasteiger partial charge in [-0.3, -0.25) is 0 Å². The molecule has 0 heterocycles. The molecule has 176 valence electrons. The third-order valence-corrected chi connectivity index (χ3v) is 7.08. The Morgan fingerprint density at radius 2 is 1.31 bits per heavy atom. The lowest BCUT2D eigenvalue weighted by Crippen LogP contribution is -2.03. The summed E-state index contributed by atoms with van der Waals surface area (Å²) in [5, 5.41) is 9.17. The number of hydrogen-bond donors (Lipinski definition) is 1. The highest BCUT2D eigenvalue weighted by Gasteiger charge is 2.25. The molecule has 0 saturated heterocycles. The second-order valence-corrected chi connectivity index (χ2v) is 9.35. The first-order chi connectivity index (χ1) is 17.7. The van der Waals surface area contributed by atoms with Gasteiger partial charge in [0, 0.05) is 0 Å². The molecule has 0 bridgehead atoms. The Bertz CT molecular complexity index is 1540. The Kier molecular flexibility index (Phi) is 5.88. The zero-order valence-electron chi connectivity index (χ0n) is 20.4. The van der Waals surface area contributed by atoms with Gasteiger partial charge in [0.25, 0.3) is 0 Å². The third kappa shape index (κ3) is 4.00. The normalized spacial score (nSPS) is 11.7. The van der Waals surface area contributed by atoms with Gasteiger partial charge in [0.05, 0.1) is 6.61 Å². The van der Waals surface area contributed by atoms with Gasteiger partial charge in [0.1, 0.15) is 12.4 Å². The molecule has 1 aliphatic rings. The second kappa shape index (κ2) is 9.49. The number of aliphatic hydroxyl groups excluding tert-OH is 1. The van der Waals surface area contributed by atoms with E-state index in [0.717, 1.165) is 17.7 Å². The van der Waals surface area contributed by atoms with E-state index in [1.165, 1.54) is 55.6 Å². The van der Waals surface area contributed by atoms with Crippen LogP contribution in [0.4, 0.5) is 0 Å². The van der Waals surface area contributed by atoms with Crippen LogP contribution >= 0.6 is 0 Å². The molecular formula is C34H28O2. The van der Waals surface area contributed by atoms with Crippen LogP contribution in [-0.4, -0.2) is 18.3 Å². The van der Waals surface area contributed by atoms with Crippen molar-refractivity contribution in [2.75, 3.05) is 13.2 Å². The van der Waals surface area contributed by atoms with Crippen LogP contribution in [0, 0.1) is 6.92 Å². The van der Waals surface area contributed by atoms with Crippen LogP contribution in [-0.2, 0) is 6.42 Å². The van der Waals surface area contributed by atoms with Gasteiger partial charge in [-0.2, -0.15) is 0 Å². The molecule has 0 radical (unpaired) electrons. The summed E-state index contributed by atoms with van der Waals surface area (Å²) in [4.78, 5) is 0. The molecule has 5 aromatic rings. The van der Waals surface area contributed by atoms with Crippen molar-refractivity contribution >= 4 is 0 Å².